The molecular formula is C21H19F4N7O3. The van der Waals surface area contributed by atoms with Crippen molar-refractivity contribution in [1.29, 1.82) is 0 Å². The highest BCUT2D eigenvalue weighted by Crippen LogP contribution is 2.51. The Morgan fingerprint density at radius 1 is 1.09 bits per heavy atom. The number of pyridine rings is 1. The van der Waals surface area contributed by atoms with Gasteiger partial charge in [-0.05, 0) is 25.8 Å². The van der Waals surface area contributed by atoms with E-state index in [-0.39, 0.29) is 41.3 Å². The van der Waals surface area contributed by atoms with Gasteiger partial charge in [0.15, 0.2) is 5.82 Å². The lowest BCUT2D eigenvalue weighted by molar-refractivity contribution is -0.126. The van der Waals surface area contributed by atoms with Crippen LogP contribution in [0.2, 0.25) is 0 Å². The van der Waals surface area contributed by atoms with E-state index in [1.807, 2.05) is 0 Å². The molecule has 1 saturated carbocycles. The van der Waals surface area contributed by atoms with Gasteiger partial charge in [-0.25, -0.2) is 32.9 Å². The summed E-state index contributed by atoms with van der Waals surface area (Å²) in [6.07, 6.45) is -0.158. The first-order valence-corrected chi connectivity index (χ1v) is 10.3. The van der Waals surface area contributed by atoms with E-state index in [1.54, 1.807) is 0 Å². The number of aryl methyl sites for hydroxylation is 1. The van der Waals surface area contributed by atoms with Gasteiger partial charge in [-0.2, -0.15) is 9.49 Å². The number of aromatic nitrogens is 5. The molecule has 1 atom stereocenters. The maximum Gasteiger partial charge on any atom is 0.413 e. The molecule has 0 spiro atoms. The molecule has 0 bridgehead atoms. The first-order valence-electron chi connectivity index (χ1n) is 10.3. The predicted octanol–water partition coefficient (Wildman–Crippen LogP) is 3.84. The van der Waals surface area contributed by atoms with Crippen LogP contribution in [0.25, 0.3) is 11.4 Å². The van der Waals surface area contributed by atoms with Gasteiger partial charge < -0.3 is 10.1 Å². The molecule has 3 aromatic heterocycles. The highest BCUT2D eigenvalue weighted by atomic mass is 19.3. The third-order valence-corrected chi connectivity index (χ3v) is 5.52. The summed E-state index contributed by atoms with van der Waals surface area (Å²) in [5, 5.41) is 8.87. The van der Waals surface area contributed by atoms with Crippen molar-refractivity contribution in [2.45, 2.75) is 32.3 Å². The molecule has 184 valence electrons. The van der Waals surface area contributed by atoms with Crippen LogP contribution in [-0.4, -0.2) is 43.2 Å². The number of alkyl halides is 2. The summed E-state index contributed by atoms with van der Waals surface area (Å²) < 4.78 is 59.8. The second kappa shape index (κ2) is 9.27. The van der Waals surface area contributed by atoms with Crippen LogP contribution in [0.15, 0.2) is 30.9 Å². The number of carbonyl (C=O) groups is 2. The minimum atomic E-state index is -2.76. The summed E-state index contributed by atoms with van der Waals surface area (Å²) >= 11 is 0. The van der Waals surface area contributed by atoms with Crippen LogP contribution in [-0.2, 0) is 16.6 Å². The van der Waals surface area contributed by atoms with Crippen LogP contribution < -0.4 is 10.6 Å². The lowest BCUT2D eigenvalue weighted by Crippen LogP contribution is -2.30. The smallest absolute Gasteiger partial charge is 0.413 e. The molecule has 2 amide bonds. The molecule has 2 N–H and O–H groups in total. The van der Waals surface area contributed by atoms with E-state index in [9.17, 15) is 27.2 Å². The molecule has 10 nitrogen and oxygen atoms in total. The average molecular weight is 493 g/mol. The predicted molar refractivity (Wildman–Crippen MR) is 113 cm³/mol. The van der Waals surface area contributed by atoms with Gasteiger partial charge in [-0.1, -0.05) is 0 Å². The Kier molecular flexibility index (Phi) is 6.37. The zero-order valence-corrected chi connectivity index (χ0v) is 18.4. The third kappa shape index (κ3) is 4.90. The van der Waals surface area contributed by atoms with E-state index in [0.717, 1.165) is 6.07 Å². The van der Waals surface area contributed by atoms with Crippen LogP contribution in [0.3, 0.4) is 0 Å². The molecule has 4 rings (SSSR count). The molecule has 1 fully saturated rings. The Hall–Kier alpha value is -4.10. The summed E-state index contributed by atoms with van der Waals surface area (Å²) in [5.74, 6) is -2.32. The van der Waals surface area contributed by atoms with Gasteiger partial charge in [0, 0.05) is 7.05 Å². The molecular weight excluding hydrogens is 474 g/mol. The van der Waals surface area contributed by atoms with Crippen LogP contribution in [0, 0.1) is 17.2 Å². The molecule has 1 aliphatic rings. The monoisotopic (exact) mass is 493 g/mol. The maximum absolute atomic E-state index is 13.8. The SMILES string of the molecule is C[C@@H](OC(=O)Nc1c(-c2ncc(NC(=O)C3(C(F)F)CC3)cn2)cnn1C)c1cc(F)cnc1F. The van der Waals surface area contributed by atoms with Crippen molar-refractivity contribution in [2.24, 2.45) is 12.5 Å². The summed E-state index contributed by atoms with van der Waals surface area (Å²) in [5.41, 5.74) is -1.50. The van der Waals surface area contributed by atoms with E-state index in [0.29, 0.717) is 6.20 Å². The van der Waals surface area contributed by atoms with Crippen molar-refractivity contribution in [3.63, 3.8) is 0 Å². The van der Waals surface area contributed by atoms with E-state index in [2.05, 4.69) is 30.7 Å². The summed E-state index contributed by atoms with van der Waals surface area (Å²) in [6.45, 7) is 1.35. The quantitative estimate of drug-likeness (QED) is 0.379. The molecule has 0 aromatic carbocycles. The van der Waals surface area contributed by atoms with Crippen LogP contribution >= 0.6 is 0 Å². The highest BCUT2D eigenvalue weighted by molar-refractivity contribution is 5.97. The fourth-order valence-corrected chi connectivity index (χ4v) is 3.29. The minimum Gasteiger partial charge on any atom is -0.441 e. The first kappa shape index (κ1) is 24.0. The number of hydrogen-bond acceptors (Lipinski definition) is 7. The third-order valence-electron chi connectivity index (χ3n) is 5.52. The van der Waals surface area contributed by atoms with Crippen LogP contribution in [0.4, 0.5) is 33.9 Å². The Labute approximate surface area is 195 Å². The Balaban J connectivity index is 1.45. The van der Waals surface area contributed by atoms with Crippen LogP contribution in [0.1, 0.15) is 31.4 Å². The summed E-state index contributed by atoms with van der Waals surface area (Å²) in [4.78, 5) is 36.0. The van der Waals surface area contributed by atoms with E-state index in [4.69, 9.17) is 4.74 Å². The Morgan fingerprint density at radius 3 is 2.40 bits per heavy atom. The van der Waals surface area contributed by atoms with E-state index in [1.165, 1.54) is 37.2 Å². The van der Waals surface area contributed by atoms with Gasteiger partial charge in [-0.15, -0.1) is 0 Å². The lowest BCUT2D eigenvalue weighted by Gasteiger charge is -2.15. The number of ether oxygens (including phenoxy) is 1. The zero-order chi connectivity index (χ0) is 25.3. The minimum absolute atomic E-state index is 0.106. The van der Waals surface area contributed by atoms with Crippen LogP contribution in [0.5, 0.6) is 0 Å². The maximum atomic E-state index is 13.8. The molecule has 0 radical (unpaired) electrons. The van der Waals surface area contributed by atoms with Gasteiger partial charge in [0.1, 0.15) is 23.2 Å². The van der Waals surface area contributed by atoms with Gasteiger partial charge in [0.2, 0.25) is 11.9 Å². The van der Waals surface area contributed by atoms with Gasteiger partial charge in [-0.3, -0.25) is 14.8 Å². The van der Waals surface area contributed by atoms with Crippen molar-refractivity contribution in [3.8, 4) is 11.4 Å². The second-order valence-corrected chi connectivity index (χ2v) is 7.94. The lowest BCUT2D eigenvalue weighted by atomic mass is 10.1. The fourth-order valence-electron chi connectivity index (χ4n) is 3.29. The van der Waals surface area contributed by atoms with Crippen molar-refractivity contribution < 1.29 is 31.9 Å². The number of nitrogens with one attached hydrogen (secondary N) is 2. The number of amides is 2. The number of nitrogens with zero attached hydrogens (tertiary/aromatic N) is 5. The van der Waals surface area contributed by atoms with Gasteiger partial charge in [0.05, 0.1) is 41.6 Å². The number of carbonyl (C=O) groups excluding carboxylic acids is 2. The molecule has 0 aliphatic heterocycles. The Bertz CT molecular complexity index is 1260. The number of rotatable bonds is 7. The number of hydrogen-bond donors (Lipinski definition) is 2. The normalized spacial score (nSPS) is 14.9. The first-order chi connectivity index (χ1) is 16.6. The van der Waals surface area contributed by atoms with E-state index < -0.39 is 41.7 Å². The largest absolute Gasteiger partial charge is 0.441 e. The highest BCUT2D eigenvalue weighted by Gasteiger charge is 2.57. The molecule has 1 aliphatic carbocycles. The standard InChI is InChI=1S/C21H19F4N7O3/c1-10(13-5-11(22)6-26-15(13)23)35-20(34)31-17-14(9-29-32(17)2)16-27-7-12(8-28-16)30-19(33)21(3-4-21)18(24)25/h5-10,18H,3-4H2,1-2H3,(H,30,33)(H,31,34)/t10-/m1/s1. The topological polar surface area (TPSA) is 124 Å². The summed E-state index contributed by atoms with van der Waals surface area (Å²) in [6, 6.07) is 0.871. The Morgan fingerprint density at radius 2 is 1.77 bits per heavy atom. The van der Waals surface area contributed by atoms with E-state index >= 15 is 0 Å². The van der Waals surface area contributed by atoms with Gasteiger partial charge >= 0.3 is 6.09 Å². The van der Waals surface area contributed by atoms with Crippen molar-refractivity contribution in [3.05, 3.63) is 48.2 Å². The van der Waals surface area contributed by atoms with Gasteiger partial charge in [0.25, 0.3) is 6.43 Å². The number of anilines is 2. The van der Waals surface area contributed by atoms with Crippen molar-refractivity contribution in [1.82, 2.24) is 24.7 Å². The van der Waals surface area contributed by atoms with Crippen molar-refractivity contribution in [2.75, 3.05) is 10.6 Å². The average Bonchev–Trinajstić information content (AvgIpc) is 3.56. The molecule has 3 heterocycles. The molecule has 0 unspecified atom stereocenters. The fraction of sp³-hybridized carbons (Fsp3) is 0.333. The second-order valence-electron chi connectivity index (χ2n) is 7.94. The molecule has 3 aromatic rings. The molecule has 14 heteroatoms. The molecule has 0 saturated heterocycles. The zero-order valence-electron chi connectivity index (χ0n) is 18.4. The van der Waals surface area contributed by atoms with Crippen molar-refractivity contribution >= 4 is 23.5 Å². The molecule has 35 heavy (non-hydrogen) atoms. The number of halogens is 4. The summed E-state index contributed by atoms with van der Waals surface area (Å²) in [7, 11) is 1.52.